The maximum Gasteiger partial charge on any atom is 0.217 e. The Morgan fingerprint density at radius 2 is 2.07 bits per heavy atom. The molecule has 0 aromatic heterocycles. The molecule has 0 fully saturated rings. The molecule has 0 radical (unpaired) electrons. The highest BCUT2D eigenvalue weighted by molar-refractivity contribution is 5.73. The van der Waals surface area contributed by atoms with Crippen molar-refractivity contribution >= 4 is 5.91 Å². The first-order valence-electron chi connectivity index (χ1n) is 5.02. The molecule has 0 saturated carbocycles. The minimum atomic E-state index is -0.0204. The van der Waals surface area contributed by atoms with Gasteiger partial charge in [0.2, 0.25) is 5.91 Å². The molecule has 1 amide bonds. The summed E-state index contributed by atoms with van der Waals surface area (Å²) in [5.41, 5.74) is 1.20. The predicted molar refractivity (Wildman–Crippen MR) is 59.6 cm³/mol. The molecular weight excluding hydrogens is 190 g/mol. The van der Waals surface area contributed by atoms with Gasteiger partial charge in [-0.1, -0.05) is 30.3 Å². The van der Waals surface area contributed by atoms with Crippen LogP contribution in [0.25, 0.3) is 0 Å². The lowest BCUT2D eigenvalue weighted by Gasteiger charge is -2.16. The van der Waals surface area contributed by atoms with Crippen molar-refractivity contribution < 1.29 is 9.53 Å². The molecule has 1 N–H and O–H groups in total. The van der Waals surface area contributed by atoms with Crippen molar-refractivity contribution in [1.29, 1.82) is 0 Å². The highest BCUT2D eigenvalue weighted by Crippen LogP contribution is 2.03. The molecule has 1 atom stereocenters. The van der Waals surface area contributed by atoms with Crippen molar-refractivity contribution in [1.82, 2.24) is 5.32 Å². The second-order valence-electron chi connectivity index (χ2n) is 3.54. The van der Waals surface area contributed by atoms with E-state index in [4.69, 9.17) is 4.74 Å². The van der Waals surface area contributed by atoms with Crippen LogP contribution in [0.2, 0.25) is 0 Å². The molecule has 1 unspecified atom stereocenters. The highest BCUT2D eigenvalue weighted by Gasteiger charge is 2.09. The molecule has 0 saturated heterocycles. The lowest BCUT2D eigenvalue weighted by atomic mass is 10.1. The van der Waals surface area contributed by atoms with Crippen LogP contribution in [-0.4, -0.2) is 25.7 Å². The van der Waals surface area contributed by atoms with Crippen LogP contribution < -0.4 is 5.32 Å². The van der Waals surface area contributed by atoms with Crippen LogP contribution in [0.5, 0.6) is 0 Å². The molecular formula is C12H17NO2. The van der Waals surface area contributed by atoms with Gasteiger partial charge in [-0.25, -0.2) is 0 Å². The van der Waals surface area contributed by atoms with Crippen LogP contribution in [0.4, 0.5) is 0 Å². The summed E-state index contributed by atoms with van der Waals surface area (Å²) in [5, 5.41) is 2.87. The van der Waals surface area contributed by atoms with Crippen molar-refractivity contribution in [2.75, 3.05) is 13.7 Å². The minimum Gasteiger partial charge on any atom is -0.383 e. The van der Waals surface area contributed by atoms with Crippen LogP contribution in [0, 0.1) is 0 Å². The largest absolute Gasteiger partial charge is 0.383 e. The van der Waals surface area contributed by atoms with Crippen LogP contribution in [0.15, 0.2) is 30.3 Å². The molecule has 15 heavy (non-hydrogen) atoms. The first-order valence-corrected chi connectivity index (χ1v) is 5.02. The monoisotopic (exact) mass is 207 g/mol. The Bertz CT molecular complexity index is 298. The molecule has 0 bridgehead atoms. The number of rotatable bonds is 5. The van der Waals surface area contributed by atoms with Gasteiger partial charge in [-0.2, -0.15) is 0 Å². The maximum atomic E-state index is 11.0. The van der Waals surface area contributed by atoms with E-state index in [1.54, 1.807) is 7.11 Å². The first-order chi connectivity index (χ1) is 7.22. The van der Waals surface area contributed by atoms with Gasteiger partial charge in [0.05, 0.1) is 12.6 Å². The predicted octanol–water partition coefficient (Wildman–Crippen LogP) is 1.38. The Morgan fingerprint density at radius 1 is 1.40 bits per heavy atom. The van der Waals surface area contributed by atoms with Gasteiger partial charge in [-0.3, -0.25) is 4.79 Å². The Labute approximate surface area is 90.4 Å². The molecule has 82 valence electrons. The van der Waals surface area contributed by atoms with Crippen LogP contribution in [0.3, 0.4) is 0 Å². The van der Waals surface area contributed by atoms with Crippen LogP contribution in [-0.2, 0) is 16.0 Å². The molecule has 0 spiro atoms. The topological polar surface area (TPSA) is 38.3 Å². The normalized spacial score (nSPS) is 12.1. The number of ether oxygens (including phenoxy) is 1. The molecule has 0 heterocycles. The number of carbonyl (C=O) groups is 1. The third-order valence-electron chi connectivity index (χ3n) is 2.10. The molecule has 1 aromatic carbocycles. The third-order valence-corrected chi connectivity index (χ3v) is 2.10. The molecule has 0 aliphatic rings. The summed E-state index contributed by atoms with van der Waals surface area (Å²) in [4.78, 5) is 11.0. The Balaban J connectivity index is 2.54. The molecule has 1 rings (SSSR count). The van der Waals surface area contributed by atoms with Gasteiger partial charge in [0.15, 0.2) is 0 Å². The fraction of sp³-hybridized carbons (Fsp3) is 0.417. The molecule has 1 aromatic rings. The van der Waals surface area contributed by atoms with Gasteiger partial charge in [-0.05, 0) is 12.0 Å². The number of methoxy groups -OCH3 is 1. The van der Waals surface area contributed by atoms with E-state index in [2.05, 4.69) is 5.32 Å². The third kappa shape index (κ3) is 4.61. The highest BCUT2D eigenvalue weighted by atomic mass is 16.5. The first kappa shape index (κ1) is 11.7. The smallest absolute Gasteiger partial charge is 0.217 e. The van der Waals surface area contributed by atoms with E-state index in [0.717, 1.165) is 6.42 Å². The van der Waals surface area contributed by atoms with E-state index in [1.807, 2.05) is 30.3 Å². The number of hydrogen-bond donors (Lipinski definition) is 1. The molecule has 0 aliphatic heterocycles. The van der Waals surface area contributed by atoms with Gasteiger partial charge in [0.1, 0.15) is 0 Å². The number of nitrogens with one attached hydrogen (secondary N) is 1. The zero-order valence-corrected chi connectivity index (χ0v) is 9.19. The van der Waals surface area contributed by atoms with Crippen molar-refractivity contribution in [3.05, 3.63) is 35.9 Å². The summed E-state index contributed by atoms with van der Waals surface area (Å²) in [6, 6.07) is 10.1. The number of hydrogen-bond acceptors (Lipinski definition) is 2. The Hall–Kier alpha value is -1.35. The van der Waals surface area contributed by atoms with E-state index >= 15 is 0 Å². The quantitative estimate of drug-likeness (QED) is 0.792. The Morgan fingerprint density at radius 3 is 2.60 bits per heavy atom. The second kappa shape index (κ2) is 6.19. The van der Waals surface area contributed by atoms with Gasteiger partial charge in [0, 0.05) is 14.0 Å². The lowest BCUT2D eigenvalue weighted by Crippen LogP contribution is -2.38. The average Bonchev–Trinajstić information content (AvgIpc) is 2.18. The SMILES string of the molecule is COCC(Cc1ccccc1)NC(C)=O. The molecule has 3 heteroatoms. The fourth-order valence-corrected chi connectivity index (χ4v) is 1.54. The summed E-state index contributed by atoms with van der Waals surface area (Å²) in [5.74, 6) is -0.0204. The summed E-state index contributed by atoms with van der Waals surface area (Å²) < 4.78 is 5.06. The average molecular weight is 207 g/mol. The zero-order valence-electron chi connectivity index (χ0n) is 9.19. The fourth-order valence-electron chi connectivity index (χ4n) is 1.54. The van der Waals surface area contributed by atoms with Crippen LogP contribution in [0.1, 0.15) is 12.5 Å². The molecule has 0 aliphatic carbocycles. The number of amides is 1. The maximum absolute atomic E-state index is 11.0. The number of benzene rings is 1. The standard InChI is InChI=1S/C12H17NO2/c1-10(14)13-12(9-15-2)8-11-6-4-3-5-7-11/h3-7,12H,8-9H2,1-2H3,(H,13,14). The van der Waals surface area contributed by atoms with Crippen LogP contribution >= 0.6 is 0 Å². The van der Waals surface area contributed by atoms with Gasteiger partial charge >= 0.3 is 0 Å². The van der Waals surface area contributed by atoms with E-state index in [1.165, 1.54) is 12.5 Å². The van der Waals surface area contributed by atoms with Gasteiger partial charge in [0.25, 0.3) is 0 Å². The van der Waals surface area contributed by atoms with E-state index in [0.29, 0.717) is 6.61 Å². The van der Waals surface area contributed by atoms with Gasteiger partial charge < -0.3 is 10.1 Å². The zero-order chi connectivity index (χ0) is 11.1. The molecule has 3 nitrogen and oxygen atoms in total. The number of carbonyl (C=O) groups excluding carboxylic acids is 1. The van der Waals surface area contributed by atoms with E-state index < -0.39 is 0 Å². The van der Waals surface area contributed by atoms with Crippen molar-refractivity contribution in [3.8, 4) is 0 Å². The summed E-state index contributed by atoms with van der Waals surface area (Å²) in [7, 11) is 1.64. The summed E-state index contributed by atoms with van der Waals surface area (Å²) >= 11 is 0. The Kier molecular flexibility index (Phi) is 4.84. The minimum absolute atomic E-state index is 0.0204. The van der Waals surface area contributed by atoms with Crippen molar-refractivity contribution in [2.24, 2.45) is 0 Å². The summed E-state index contributed by atoms with van der Waals surface area (Å²) in [6.45, 7) is 2.06. The van der Waals surface area contributed by atoms with E-state index in [-0.39, 0.29) is 11.9 Å². The van der Waals surface area contributed by atoms with Crippen molar-refractivity contribution in [2.45, 2.75) is 19.4 Å². The summed E-state index contributed by atoms with van der Waals surface area (Å²) in [6.07, 6.45) is 0.800. The second-order valence-corrected chi connectivity index (χ2v) is 3.54. The lowest BCUT2D eigenvalue weighted by molar-refractivity contribution is -0.120. The van der Waals surface area contributed by atoms with Crippen molar-refractivity contribution in [3.63, 3.8) is 0 Å². The van der Waals surface area contributed by atoms with E-state index in [9.17, 15) is 4.79 Å². The van der Waals surface area contributed by atoms with Gasteiger partial charge in [-0.15, -0.1) is 0 Å².